The topological polar surface area (TPSA) is 29.3 Å². The van der Waals surface area contributed by atoms with E-state index in [1.807, 2.05) is 0 Å². The molecule has 2 aromatic rings. The van der Waals surface area contributed by atoms with Gasteiger partial charge in [-0.3, -0.25) is 0 Å². The lowest BCUT2D eigenvalue weighted by atomic mass is 10.0. The zero-order chi connectivity index (χ0) is 14.5. The Morgan fingerprint density at radius 2 is 1.60 bits per heavy atom. The Morgan fingerprint density at radius 1 is 1.00 bits per heavy atom. The number of rotatable bonds is 5. The molecule has 0 saturated heterocycles. The van der Waals surface area contributed by atoms with Crippen LogP contribution < -0.4 is 10.6 Å². The number of nitrogens with zero attached hydrogens (tertiary/aromatic N) is 1. The van der Waals surface area contributed by atoms with Crippen molar-refractivity contribution in [2.24, 2.45) is 5.73 Å². The minimum Gasteiger partial charge on any atom is -0.370 e. The number of aryl methyl sites for hydroxylation is 1. The van der Waals surface area contributed by atoms with Gasteiger partial charge in [0, 0.05) is 25.3 Å². The Bertz CT molecular complexity index is 528. The van der Waals surface area contributed by atoms with Gasteiger partial charge in [-0.15, -0.1) is 0 Å². The molecular weight excluding hydrogens is 244 g/mol. The first kappa shape index (κ1) is 14.6. The van der Waals surface area contributed by atoms with Gasteiger partial charge in [-0.2, -0.15) is 0 Å². The fourth-order valence-electron chi connectivity index (χ4n) is 2.27. The molecule has 0 fully saturated rings. The smallest absolute Gasteiger partial charge is 0.0426 e. The van der Waals surface area contributed by atoms with E-state index in [9.17, 15) is 0 Å². The highest BCUT2D eigenvalue weighted by atomic mass is 15.1. The van der Waals surface area contributed by atoms with Crippen LogP contribution in [0.3, 0.4) is 0 Å². The van der Waals surface area contributed by atoms with Crippen molar-refractivity contribution < 1.29 is 0 Å². The zero-order valence-electron chi connectivity index (χ0n) is 12.6. The Morgan fingerprint density at radius 3 is 2.15 bits per heavy atom. The largest absolute Gasteiger partial charge is 0.370 e. The zero-order valence-corrected chi connectivity index (χ0v) is 12.6. The second-order valence-corrected chi connectivity index (χ2v) is 5.45. The van der Waals surface area contributed by atoms with E-state index < -0.39 is 0 Å². The molecule has 20 heavy (non-hydrogen) atoms. The number of benzene rings is 2. The van der Waals surface area contributed by atoms with E-state index in [1.54, 1.807) is 0 Å². The predicted molar refractivity (Wildman–Crippen MR) is 86.9 cm³/mol. The van der Waals surface area contributed by atoms with Crippen molar-refractivity contribution >= 4 is 5.69 Å². The van der Waals surface area contributed by atoms with Gasteiger partial charge in [0.15, 0.2) is 0 Å². The van der Waals surface area contributed by atoms with Gasteiger partial charge in [-0.05, 0) is 36.6 Å². The molecule has 0 heterocycles. The van der Waals surface area contributed by atoms with Crippen molar-refractivity contribution in [2.75, 3.05) is 11.9 Å². The van der Waals surface area contributed by atoms with E-state index >= 15 is 0 Å². The highest BCUT2D eigenvalue weighted by Gasteiger charge is 2.05. The first-order chi connectivity index (χ1) is 9.60. The molecule has 0 spiro atoms. The van der Waals surface area contributed by atoms with E-state index in [4.69, 9.17) is 5.73 Å². The summed E-state index contributed by atoms with van der Waals surface area (Å²) < 4.78 is 0. The number of hydrogen-bond donors (Lipinski definition) is 1. The van der Waals surface area contributed by atoms with Crippen LogP contribution in [0.15, 0.2) is 48.5 Å². The van der Waals surface area contributed by atoms with E-state index in [2.05, 4.69) is 74.3 Å². The summed E-state index contributed by atoms with van der Waals surface area (Å²) in [4.78, 5) is 2.26. The van der Waals surface area contributed by atoms with Crippen LogP contribution in [0.25, 0.3) is 0 Å². The Kier molecular flexibility index (Phi) is 4.80. The van der Waals surface area contributed by atoms with Gasteiger partial charge < -0.3 is 10.6 Å². The van der Waals surface area contributed by atoms with Crippen molar-refractivity contribution in [2.45, 2.75) is 32.9 Å². The highest BCUT2D eigenvalue weighted by molar-refractivity contribution is 5.48. The van der Waals surface area contributed by atoms with Crippen LogP contribution in [0.2, 0.25) is 0 Å². The summed E-state index contributed by atoms with van der Waals surface area (Å²) in [5.41, 5.74) is 11.1. The minimum absolute atomic E-state index is 0.145. The van der Waals surface area contributed by atoms with Gasteiger partial charge in [-0.1, -0.05) is 48.9 Å². The molecule has 0 unspecified atom stereocenters. The first-order valence-corrected chi connectivity index (χ1v) is 7.22. The van der Waals surface area contributed by atoms with E-state index in [0.29, 0.717) is 0 Å². The van der Waals surface area contributed by atoms with Crippen LogP contribution in [-0.4, -0.2) is 7.05 Å². The molecule has 1 atom stereocenters. The number of anilines is 1. The molecule has 0 aliphatic heterocycles. The average Bonchev–Trinajstić information content (AvgIpc) is 2.49. The van der Waals surface area contributed by atoms with Crippen molar-refractivity contribution in [1.82, 2.24) is 0 Å². The number of nitrogens with two attached hydrogens (primary N) is 1. The lowest BCUT2D eigenvalue weighted by Gasteiger charge is -2.20. The molecule has 106 valence electrons. The molecule has 0 aliphatic rings. The van der Waals surface area contributed by atoms with Crippen molar-refractivity contribution in [3.63, 3.8) is 0 Å². The van der Waals surface area contributed by atoms with Crippen molar-refractivity contribution in [3.8, 4) is 0 Å². The summed E-state index contributed by atoms with van der Waals surface area (Å²) in [6, 6.07) is 17.4. The standard InChI is InChI=1S/C18H24N2/c1-4-18(19)16-9-11-17(12-10-16)20(3)13-15-7-5-14(2)6-8-15/h5-12,18H,4,13,19H2,1-3H3/t18-/m0/s1. The SMILES string of the molecule is CC[C@H](N)c1ccc(N(C)Cc2ccc(C)cc2)cc1. The van der Waals surface area contributed by atoms with Crippen LogP contribution in [0.4, 0.5) is 5.69 Å². The monoisotopic (exact) mass is 268 g/mol. The van der Waals surface area contributed by atoms with Crippen LogP contribution in [0.1, 0.15) is 36.1 Å². The van der Waals surface area contributed by atoms with Crippen LogP contribution in [-0.2, 0) is 6.54 Å². The normalized spacial score (nSPS) is 12.2. The third-order valence-corrected chi connectivity index (χ3v) is 3.74. The van der Waals surface area contributed by atoms with Gasteiger partial charge in [-0.25, -0.2) is 0 Å². The Hall–Kier alpha value is -1.80. The molecule has 2 heteroatoms. The van der Waals surface area contributed by atoms with Gasteiger partial charge in [0.05, 0.1) is 0 Å². The van der Waals surface area contributed by atoms with Crippen LogP contribution in [0, 0.1) is 6.92 Å². The minimum atomic E-state index is 0.145. The summed E-state index contributed by atoms with van der Waals surface area (Å²) in [5.74, 6) is 0. The van der Waals surface area contributed by atoms with E-state index in [1.165, 1.54) is 22.4 Å². The van der Waals surface area contributed by atoms with Gasteiger partial charge >= 0.3 is 0 Å². The van der Waals surface area contributed by atoms with Gasteiger partial charge in [0.25, 0.3) is 0 Å². The molecule has 0 bridgehead atoms. The predicted octanol–water partition coefficient (Wildman–Crippen LogP) is 4.04. The maximum Gasteiger partial charge on any atom is 0.0426 e. The fourth-order valence-corrected chi connectivity index (χ4v) is 2.27. The number of hydrogen-bond acceptors (Lipinski definition) is 2. The van der Waals surface area contributed by atoms with Crippen molar-refractivity contribution in [3.05, 3.63) is 65.2 Å². The summed E-state index contributed by atoms with van der Waals surface area (Å²) in [6.07, 6.45) is 0.971. The van der Waals surface area contributed by atoms with Crippen LogP contribution in [0.5, 0.6) is 0 Å². The quantitative estimate of drug-likeness (QED) is 0.886. The van der Waals surface area contributed by atoms with E-state index in [-0.39, 0.29) is 6.04 Å². The van der Waals surface area contributed by atoms with Gasteiger partial charge in [0.2, 0.25) is 0 Å². The lowest BCUT2D eigenvalue weighted by molar-refractivity contribution is 0.698. The Balaban J connectivity index is 2.05. The fraction of sp³-hybridized carbons (Fsp3) is 0.333. The first-order valence-electron chi connectivity index (χ1n) is 7.22. The Labute approximate surface area is 122 Å². The summed E-state index contributed by atoms with van der Waals surface area (Å²) >= 11 is 0. The summed E-state index contributed by atoms with van der Waals surface area (Å²) in [7, 11) is 2.12. The molecule has 2 N–H and O–H groups in total. The molecule has 0 saturated carbocycles. The molecule has 0 amide bonds. The maximum atomic E-state index is 6.04. The summed E-state index contributed by atoms with van der Waals surface area (Å²) in [6.45, 7) is 5.14. The molecule has 0 aromatic heterocycles. The lowest BCUT2D eigenvalue weighted by Crippen LogP contribution is -2.16. The molecule has 2 nitrogen and oxygen atoms in total. The van der Waals surface area contributed by atoms with Gasteiger partial charge in [0.1, 0.15) is 0 Å². The average molecular weight is 268 g/mol. The second-order valence-electron chi connectivity index (χ2n) is 5.45. The molecular formula is C18H24N2. The van der Waals surface area contributed by atoms with E-state index in [0.717, 1.165) is 13.0 Å². The third kappa shape index (κ3) is 3.61. The highest BCUT2D eigenvalue weighted by Crippen LogP contribution is 2.20. The molecule has 2 rings (SSSR count). The molecule has 2 aromatic carbocycles. The van der Waals surface area contributed by atoms with Crippen LogP contribution >= 0.6 is 0 Å². The second kappa shape index (κ2) is 6.58. The maximum absolute atomic E-state index is 6.04. The summed E-state index contributed by atoms with van der Waals surface area (Å²) in [5, 5.41) is 0. The molecule has 0 aliphatic carbocycles. The van der Waals surface area contributed by atoms with Crippen molar-refractivity contribution in [1.29, 1.82) is 0 Å². The molecule has 0 radical (unpaired) electrons. The third-order valence-electron chi connectivity index (χ3n) is 3.74.